The largest absolute Gasteiger partial charge is 0.379 e. The molecule has 1 atom stereocenters. The zero-order valence-electron chi connectivity index (χ0n) is 13.5. The molecule has 1 saturated carbocycles. The average molecular weight is 306 g/mol. The van der Waals surface area contributed by atoms with Crippen molar-refractivity contribution >= 4 is 5.91 Å². The van der Waals surface area contributed by atoms with Crippen LogP contribution in [0.25, 0.3) is 0 Å². The van der Waals surface area contributed by atoms with Crippen molar-refractivity contribution in [2.45, 2.75) is 51.1 Å². The lowest BCUT2D eigenvalue weighted by Crippen LogP contribution is -2.62. The predicted octanol–water partition coefficient (Wildman–Crippen LogP) is 1.48. The number of aromatic amines is 1. The van der Waals surface area contributed by atoms with Gasteiger partial charge in [-0.2, -0.15) is 5.10 Å². The van der Waals surface area contributed by atoms with Gasteiger partial charge in [0, 0.05) is 30.4 Å². The Bertz CT molecular complexity index is 516. The lowest BCUT2D eigenvalue weighted by molar-refractivity contribution is -0.0323. The van der Waals surface area contributed by atoms with E-state index in [4.69, 9.17) is 4.74 Å². The Morgan fingerprint density at radius 3 is 2.68 bits per heavy atom. The maximum atomic E-state index is 12.5. The van der Waals surface area contributed by atoms with E-state index in [1.54, 1.807) is 6.20 Å². The van der Waals surface area contributed by atoms with Crippen LogP contribution < -0.4 is 5.32 Å². The van der Waals surface area contributed by atoms with Gasteiger partial charge in [-0.1, -0.05) is 12.8 Å². The number of carbonyl (C=O) groups is 1. The Hall–Kier alpha value is -1.40. The topological polar surface area (TPSA) is 70.2 Å². The highest BCUT2D eigenvalue weighted by molar-refractivity contribution is 5.95. The molecule has 0 bridgehead atoms. The number of ether oxygens (including phenoxy) is 1. The maximum absolute atomic E-state index is 12.5. The molecule has 3 rings (SSSR count). The summed E-state index contributed by atoms with van der Waals surface area (Å²) < 4.78 is 5.50. The van der Waals surface area contributed by atoms with Crippen molar-refractivity contribution < 1.29 is 9.53 Å². The normalized spacial score (nSPS) is 23.4. The Morgan fingerprint density at radius 2 is 2.09 bits per heavy atom. The molecule has 0 aromatic carbocycles. The van der Waals surface area contributed by atoms with E-state index in [0.717, 1.165) is 44.8 Å². The molecule has 1 aromatic heterocycles. The molecule has 1 saturated heterocycles. The van der Waals surface area contributed by atoms with Crippen LogP contribution in [-0.4, -0.2) is 58.9 Å². The predicted molar refractivity (Wildman–Crippen MR) is 83.8 cm³/mol. The second-order valence-corrected chi connectivity index (χ2v) is 6.51. The molecule has 0 radical (unpaired) electrons. The number of H-pyrrole nitrogens is 1. The molecule has 1 aliphatic heterocycles. The molecule has 1 aromatic rings. The van der Waals surface area contributed by atoms with Gasteiger partial charge in [-0.15, -0.1) is 0 Å². The van der Waals surface area contributed by atoms with Gasteiger partial charge < -0.3 is 10.1 Å². The number of nitrogens with zero attached hydrogens (tertiary/aromatic N) is 2. The van der Waals surface area contributed by atoms with Crippen molar-refractivity contribution in [2.24, 2.45) is 0 Å². The van der Waals surface area contributed by atoms with Gasteiger partial charge in [0.15, 0.2) is 0 Å². The number of aryl methyl sites for hydroxylation is 1. The van der Waals surface area contributed by atoms with E-state index in [9.17, 15) is 4.79 Å². The second kappa shape index (κ2) is 6.38. The fourth-order valence-electron chi connectivity index (χ4n) is 4.01. The van der Waals surface area contributed by atoms with Crippen molar-refractivity contribution in [3.63, 3.8) is 0 Å². The first-order chi connectivity index (χ1) is 10.6. The van der Waals surface area contributed by atoms with Crippen LogP contribution >= 0.6 is 0 Å². The zero-order chi connectivity index (χ0) is 15.6. The van der Waals surface area contributed by atoms with Gasteiger partial charge in [-0.25, -0.2) is 0 Å². The maximum Gasteiger partial charge on any atom is 0.255 e. The number of amides is 1. The summed E-state index contributed by atoms with van der Waals surface area (Å²) in [6.45, 7) is 7.54. The second-order valence-electron chi connectivity index (χ2n) is 6.51. The monoisotopic (exact) mass is 306 g/mol. The highest BCUT2D eigenvalue weighted by Crippen LogP contribution is 2.38. The molecule has 6 heteroatoms. The third-order valence-corrected chi connectivity index (χ3v) is 5.34. The van der Waals surface area contributed by atoms with Crippen LogP contribution in [0.4, 0.5) is 0 Å². The van der Waals surface area contributed by atoms with E-state index < -0.39 is 0 Å². The number of rotatable bonds is 4. The fourth-order valence-corrected chi connectivity index (χ4v) is 4.01. The molecule has 2 fully saturated rings. The van der Waals surface area contributed by atoms with E-state index in [1.807, 2.05) is 6.92 Å². The first kappa shape index (κ1) is 15.5. The highest BCUT2D eigenvalue weighted by Gasteiger charge is 2.45. The summed E-state index contributed by atoms with van der Waals surface area (Å²) in [5.74, 6) is -0.0294. The van der Waals surface area contributed by atoms with Gasteiger partial charge >= 0.3 is 0 Å². The molecule has 122 valence electrons. The molecule has 1 unspecified atom stereocenters. The highest BCUT2D eigenvalue weighted by atomic mass is 16.5. The number of hydrogen-bond donors (Lipinski definition) is 2. The van der Waals surface area contributed by atoms with Crippen LogP contribution in [0.2, 0.25) is 0 Å². The van der Waals surface area contributed by atoms with Gasteiger partial charge in [0.1, 0.15) is 0 Å². The van der Waals surface area contributed by atoms with Crippen LogP contribution in [0.5, 0.6) is 0 Å². The third kappa shape index (κ3) is 2.77. The number of morpholine rings is 1. The third-order valence-electron chi connectivity index (χ3n) is 5.34. The molecular formula is C16H26N4O2. The summed E-state index contributed by atoms with van der Waals surface area (Å²) in [4.78, 5) is 15.0. The summed E-state index contributed by atoms with van der Waals surface area (Å²) in [5, 5.41) is 9.99. The number of carbonyl (C=O) groups excluding carboxylic acids is 1. The van der Waals surface area contributed by atoms with E-state index in [0.29, 0.717) is 5.56 Å². The van der Waals surface area contributed by atoms with E-state index in [2.05, 4.69) is 27.3 Å². The molecular weight excluding hydrogens is 280 g/mol. The minimum absolute atomic E-state index is 0.0294. The quantitative estimate of drug-likeness (QED) is 0.884. The van der Waals surface area contributed by atoms with E-state index in [1.165, 1.54) is 12.8 Å². The SMILES string of the molecule is Cc1[nH]ncc1C(=O)NC(C)C1(N2CCOCC2)CCCC1. The smallest absolute Gasteiger partial charge is 0.255 e. The van der Waals surface area contributed by atoms with Crippen LogP contribution in [0, 0.1) is 6.92 Å². The first-order valence-corrected chi connectivity index (χ1v) is 8.27. The molecule has 1 amide bonds. The van der Waals surface area contributed by atoms with Crippen LogP contribution in [0.1, 0.15) is 48.7 Å². The van der Waals surface area contributed by atoms with Crippen molar-refractivity contribution in [2.75, 3.05) is 26.3 Å². The molecule has 2 aliphatic rings. The molecule has 1 aliphatic carbocycles. The Kier molecular flexibility index (Phi) is 4.49. The lowest BCUT2D eigenvalue weighted by atomic mass is 9.86. The molecule has 2 heterocycles. The summed E-state index contributed by atoms with van der Waals surface area (Å²) in [6.07, 6.45) is 6.38. The zero-order valence-corrected chi connectivity index (χ0v) is 13.5. The average Bonchev–Trinajstić information content (AvgIpc) is 3.17. The summed E-state index contributed by atoms with van der Waals surface area (Å²) in [5.41, 5.74) is 1.54. The van der Waals surface area contributed by atoms with Gasteiger partial charge in [0.05, 0.1) is 25.0 Å². The van der Waals surface area contributed by atoms with Crippen molar-refractivity contribution in [1.82, 2.24) is 20.4 Å². The number of nitrogens with one attached hydrogen (secondary N) is 2. The Labute approximate surface area is 131 Å². The summed E-state index contributed by atoms with van der Waals surface area (Å²) >= 11 is 0. The van der Waals surface area contributed by atoms with Crippen LogP contribution in [0.15, 0.2) is 6.20 Å². The van der Waals surface area contributed by atoms with Gasteiger partial charge in [-0.05, 0) is 26.7 Å². The van der Waals surface area contributed by atoms with Crippen LogP contribution in [-0.2, 0) is 4.74 Å². The minimum atomic E-state index is -0.0294. The van der Waals surface area contributed by atoms with Crippen molar-refractivity contribution in [1.29, 1.82) is 0 Å². The minimum Gasteiger partial charge on any atom is -0.379 e. The fraction of sp³-hybridized carbons (Fsp3) is 0.750. The lowest BCUT2D eigenvalue weighted by Gasteiger charge is -2.47. The Balaban J connectivity index is 1.74. The van der Waals surface area contributed by atoms with Gasteiger partial charge in [0.2, 0.25) is 0 Å². The van der Waals surface area contributed by atoms with E-state index >= 15 is 0 Å². The van der Waals surface area contributed by atoms with Gasteiger partial charge in [-0.3, -0.25) is 14.8 Å². The Morgan fingerprint density at radius 1 is 1.41 bits per heavy atom. The van der Waals surface area contributed by atoms with Gasteiger partial charge in [0.25, 0.3) is 5.91 Å². The van der Waals surface area contributed by atoms with Crippen molar-refractivity contribution in [3.05, 3.63) is 17.5 Å². The molecule has 0 spiro atoms. The summed E-state index contributed by atoms with van der Waals surface area (Å²) in [7, 11) is 0. The first-order valence-electron chi connectivity index (χ1n) is 8.27. The number of aromatic nitrogens is 2. The van der Waals surface area contributed by atoms with Crippen LogP contribution in [0.3, 0.4) is 0 Å². The molecule has 2 N–H and O–H groups in total. The van der Waals surface area contributed by atoms with E-state index in [-0.39, 0.29) is 17.5 Å². The standard InChI is InChI=1S/C16H26N4O2/c1-12-14(11-17-19-12)15(21)18-13(2)16(5-3-4-6-16)20-7-9-22-10-8-20/h11,13H,3-10H2,1-2H3,(H,17,19)(H,18,21). The molecule has 22 heavy (non-hydrogen) atoms. The van der Waals surface area contributed by atoms with Crippen molar-refractivity contribution in [3.8, 4) is 0 Å². The summed E-state index contributed by atoms with van der Waals surface area (Å²) in [6, 6.07) is 0.120. The number of hydrogen-bond acceptors (Lipinski definition) is 4. The molecule has 6 nitrogen and oxygen atoms in total.